The maximum absolute atomic E-state index is 14.3. The normalized spacial score (nSPS) is 21.0. The van der Waals surface area contributed by atoms with Gasteiger partial charge in [0.25, 0.3) is 0 Å². The molecule has 2 aromatic carbocycles. The second-order valence-corrected chi connectivity index (χ2v) is 9.49. The molecular weight excluding hydrogens is 482 g/mol. The minimum Gasteiger partial charge on any atom is -0.497 e. The molecular formula is C31H35NO6. The summed E-state index contributed by atoms with van der Waals surface area (Å²) >= 11 is 0. The number of benzene rings is 2. The van der Waals surface area contributed by atoms with Crippen molar-refractivity contribution in [2.75, 3.05) is 20.3 Å². The lowest BCUT2D eigenvalue weighted by molar-refractivity contribution is -0.152. The summed E-state index contributed by atoms with van der Waals surface area (Å²) in [7, 11) is 1.58. The Kier molecular flexibility index (Phi) is 8.35. The first-order valence-corrected chi connectivity index (χ1v) is 13.2. The first kappa shape index (κ1) is 27.2. The Morgan fingerprint density at radius 3 is 2.32 bits per heavy atom. The largest absolute Gasteiger partial charge is 0.497 e. The van der Waals surface area contributed by atoms with Crippen LogP contribution in [0.5, 0.6) is 5.75 Å². The van der Waals surface area contributed by atoms with Gasteiger partial charge in [0.05, 0.1) is 25.9 Å². The molecule has 0 fully saturated rings. The quantitative estimate of drug-likeness (QED) is 0.390. The van der Waals surface area contributed by atoms with E-state index in [-0.39, 0.29) is 19.0 Å². The Bertz CT molecular complexity index is 1290. The molecule has 200 valence electrons. The zero-order chi connectivity index (χ0) is 27.4. The second kappa shape index (κ2) is 11.7. The van der Waals surface area contributed by atoms with E-state index in [1.807, 2.05) is 55.5 Å². The van der Waals surface area contributed by atoms with Crippen molar-refractivity contribution in [3.05, 3.63) is 87.8 Å². The van der Waals surface area contributed by atoms with Crippen LogP contribution in [0.3, 0.4) is 0 Å². The zero-order valence-electron chi connectivity index (χ0n) is 22.6. The van der Waals surface area contributed by atoms with Gasteiger partial charge in [0.2, 0.25) is 0 Å². The highest BCUT2D eigenvalue weighted by atomic mass is 16.5. The van der Waals surface area contributed by atoms with E-state index in [1.165, 1.54) is 0 Å². The van der Waals surface area contributed by atoms with E-state index >= 15 is 0 Å². The Labute approximate surface area is 223 Å². The van der Waals surface area contributed by atoms with E-state index in [1.54, 1.807) is 21.0 Å². The summed E-state index contributed by atoms with van der Waals surface area (Å²) < 4.78 is 16.2. The number of methoxy groups -OCH3 is 1. The lowest BCUT2D eigenvalue weighted by Crippen LogP contribution is -2.43. The van der Waals surface area contributed by atoms with Gasteiger partial charge in [0.15, 0.2) is 5.78 Å². The fourth-order valence-corrected chi connectivity index (χ4v) is 5.48. The van der Waals surface area contributed by atoms with Gasteiger partial charge in [0.1, 0.15) is 11.7 Å². The molecule has 4 rings (SSSR count). The van der Waals surface area contributed by atoms with Crippen molar-refractivity contribution in [2.45, 2.75) is 52.4 Å². The average Bonchev–Trinajstić information content (AvgIpc) is 2.92. The molecule has 1 aliphatic carbocycles. The highest BCUT2D eigenvalue weighted by molar-refractivity contribution is 6.13. The third kappa shape index (κ3) is 5.10. The highest BCUT2D eigenvalue weighted by Gasteiger charge is 2.49. The first-order chi connectivity index (χ1) is 18.3. The number of carbonyl (C=O) groups excluding carboxylic acids is 3. The van der Waals surface area contributed by atoms with Gasteiger partial charge < -0.3 is 19.5 Å². The monoisotopic (exact) mass is 517 g/mol. The number of aryl methyl sites for hydroxylation is 1. The predicted molar refractivity (Wildman–Crippen MR) is 144 cm³/mol. The lowest BCUT2D eigenvalue weighted by Gasteiger charge is -2.39. The molecule has 3 atom stereocenters. The number of esters is 2. The summed E-state index contributed by atoms with van der Waals surface area (Å²) in [4.78, 5) is 40.9. The van der Waals surface area contributed by atoms with E-state index < -0.39 is 29.7 Å². The molecule has 0 saturated carbocycles. The number of hydrogen-bond acceptors (Lipinski definition) is 7. The molecule has 0 amide bonds. The number of allylic oxidation sites excluding steroid dienone is 3. The molecule has 38 heavy (non-hydrogen) atoms. The van der Waals surface area contributed by atoms with Crippen LogP contribution in [-0.2, 0) is 30.3 Å². The van der Waals surface area contributed by atoms with Gasteiger partial charge in [-0.1, -0.05) is 43.3 Å². The maximum atomic E-state index is 14.3. The standard InChI is InChI=1S/C31H35NO6/c1-6-19-12-14-20(15-13-19)26-25(30(34)37-7-2)18(4)32-24-17-23(21-10-9-11-22(16-21)36-5)27(29(33)28(24)26)31(35)38-8-3/h9-16,23,26-27,32H,6-8,17H2,1-5H3/t23-,26+,27-/m1/s1. The van der Waals surface area contributed by atoms with Crippen LogP contribution in [0.15, 0.2) is 71.1 Å². The van der Waals surface area contributed by atoms with E-state index in [2.05, 4.69) is 12.2 Å². The molecule has 2 aromatic rings. The molecule has 1 aliphatic heterocycles. The topological polar surface area (TPSA) is 90.9 Å². The fraction of sp³-hybridized carbons (Fsp3) is 0.387. The third-order valence-corrected chi connectivity index (χ3v) is 7.30. The van der Waals surface area contributed by atoms with Crippen LogP contribution in [0.1, 0.15) is 62.6 Å². The Balaban J connectivity index is 1.89. The molecule has 0 bridgehead atoms. The van der Waals surface area contributed by atoms with Gasteiger partial charge in [-0.3, -0.25) is 9.59 Å². The lowest BCUT2D eigenvalue weighted by atomic mass is 9.67. The average molecular weight is 518 g/mol. The summed E-state index contributed by atoms with van der Waals surface area (Å²) in [6, 6.07) is 15.3. The molecule has 0 aromatic heterocycles. The molecule has 0 radical (unpaired) electrons. The van der Waals surface area contributed by atoms with Gasteiger partial charge in [-0.2, -0.15) is 0 Å². The van der Waals surface area contributed by atoms with Crippen LogP contribution in [0, 0.1) is 5.92 Å². The van der Waals surface area contributed by atoms with Gasteiger partial charge in [0, 0.05) is 28.8 Å². The molecule has 1 N–H and O–H groups in total. The number of nitrogens with one attached hydrogen (secondary N) is 1. The summed E-state index contributed by atoms with van der Waals surface area (Å²) in [5.41, 5.74) is 4.90. The third-order valence-electron chi connectivity index (χ3n) is 7.30. The Hall–Kier alpha value is -3.87. The van der Waals surface area contributed by atoms with Crippen molar-refractivity contribution in [3.8, 4) is 5.75 Å². The SMILES string of the molecule is CCOC(=O)C1=C(C)NC2=C(C(=O)[C@H](C(=O)OCC)[C@@H](c3cccc(OC)c3)C2)[C@H]1c1ccc(CC)cc1. The first-order valence-electron chi connectivity index (χ1n) is 13.2. The van der Waals surface area contributed by atoms with Crippen molar-refractivity contribution in [3.63, 3.8) is 0 Å². The number of carbonyl (C=O) groups is 3. The van der Waals surface area contributed by atoms with Crippen LogP contribution in [-0.4, -0.2) is 38.0 Å². The molecule has 1 heterocycles. The number of ketones is 1. The Morgan fingerprint density at radius 1 is 0.974 bits per heavy atom. The van der Waals surface area contributed by atoms with Crippen molar-refractivity contribution >= 4 is 17.7 Å². The second-order valence-electron chi connectivity index (χ2n) is 9.49. The number of ether oxygens (including phenoxy) is 3. The van der Waals surface area contributed by atoms with Crippen LogP contribution >= 0.6 is 0 Å². The van der Waals surface area contributed by atoms with Crippen LogP contribution in [0.4, 0.5) is 0 Å². The van der Waals surface area contributed by atoms with E-state index in [4.69, 9.17) is 14.2 Å². The summed E-state index contributed by atoms with van der Waals surface area (Å²) in [6.45, 7) is 7.74. The number of Topliss-reactive ketones (excluding diaryl/α,β-unsaturated/α-hetero) is 1. The molecule has 7 heteroatoms. The molecule has 2 aliphatic rings. The van der Waals surface area contributed by atoms with Crippen molar-refractivity contribution in [2.24, 2.45) is 5.92 Å². The van der Waals surface area contributed by atoms with Gasteiger partial charge in [-0.25, -0.2) is 4.79 Å². The minimum atomic E-state index is -1.05. The fourth-order valence-electron chi connectivity index (χ4n) is 5.48. The van der Waals surface area contributed by atoms with Gasteiger partial charge >= 0.3 is 11.9 Å². The maximum Gasteiger partial charge on any atom is 0.336 e. The smallest absolute Gasteiger partial charge is 0.336 e. The molecule has 0 spiro atoms. The summed E-state index contributed by atoms with van der Waals surface area (Å²) in [6.07, 6.45) is 1.26. The highest BCUT2D eigenvalue weighted by Crippen LogP contribution is 2.48. The minimum absolute atomic E-state index is 0.159. The van der Waals surface area contributed by atoms with E-state index in [0.29, 0.717) is 34.7 Å². The van der Waals surface area contributed by atoms with Gasteiger partial charge in [-0.05, 0) is 62.4 Å². The summed E-state index contributed by atoms with van der Waals surface area (Å²) in [5, 5.41) is 3.33. The molecule has 0 unspecified atom stereocenters. The van der Waals surface area contributed by atoms with Gasteiger partial charge in [-0.15, -0.1) is 0 Å². The number of hydrogen-bond donors (Lipinski definition) is 1. The van der Waals surface area contributed by atoms with Crippen LogP contribution in [0.25, 0.3) is 0 Å². The van der Waals surface area contributed by atoms with Crippen molar-refractivity contribution < 1.29 is 28.6 Å². The van der Waals surface area contributed by atoms with Crippen molar-refractivity contribution in [1.29, 1.82) is 0 Å². The van der Waals surface area contributed by atoms with E-state index in [0.717, 1.165) is 23.1 Å². The number of dihydropyridines is 1. The predicted octanol–water partition coefficient (Wildman–Crippen LogP) is 4.97. The zero-order valence-corrected chi connectivity index (χ0v) is 22.6. The van der Waals surface area contributed by atoms with Crippen LogP contribution < -0.4 is 10.1 Å². The number of rotatable bonds is 8. The molecule has 7 nitrogen and oxygen atoms in total. The Morgan fingerprint density at radius 2 is 1.68 bits per heavy atom. The van der Waals surface area contributed by atoms with Crippen molar-refractivity contribution in [1.82, 2.24) is 5.32 Å². The van der Waals surface area contributed by atoms with Crippen LogP contribution in [0.2, 0.25) is 0 Å². The molecule has 0 saturated heterocycles. The summed E-state index contributed by atoms with van der Waals surface area (Å²) in [5.74, 6) is -2.92. The van der Waals surface area contributed by atoms with E-state index in [9.17, 15) is 14.4 Å².